The minimum atomic E-state index is -0.309. The first-order chi connectivity index (χ1) is 14.7. The van der Waals surface area contributed by atoms with Gasteiger partial charge in [0.25, 0.3) is 11.8 Å². The number of piperidine rings is 1. The molecular formula is C22H22N6O2. The second-order valence-electron chi connectivity index (χ2n) is 7.09. The van der Waals surface area contributed by atoms with Crippen molar-refractivity contribution in [2.45, 2.75) is 18.9 Å². The zero-order valence-electron chi connectivity index (χ0n) is 16.4. The molecular weight excluding hydrogens is 380 g/mol. The molecule has 3 aromatic rings. The van der Waals surface area contributed by atoms with Gasteiger partial charge in [0.05, 0.1) is 17.5 Å². The quantitative estimate of drug-likeness (QED) is 0.678. The number of hydrazine groups is 1. The minimum Gasteiger partial charge on any atom is -0.348 e. The standard InChI is InChI=1S/C22H22N6O2/c29-21(17-8-9-19(25-13-17)16-5-2-1-3-6-16)26-18-7-4-12-28(15-18)27-22(30)20-14-23-10-11-24-20/h1-3,5-6,8-11,13-14,18H,4,7,12,15H2,(H,26,29)(H,27,30). The summed E-state index contributed by atoms with van der Waals surface area (Å²) in [6, 6.07) is 13.4. The van der Waals surface area contributed by atoms with Crippen LogP contribution in [-0.2, 0) is 0 Å². The summed E-state index contributed by atoms with van der Waals surface area (Å²) in [4.78, 5) is 37.2. The number of pyridine rings is 1. The Morgan fingerprint density at radius 3 is 2.57 bits per heavy atom. The van der Waals surface area contributed by atoms with E-state index < -0.39 is 0 Å². The normalized spacial score (nSPS) is 16.6. The van der Waals surface area contributed by atoms with Crippen molar-refractivity contribution in [3.05, 3.63) is 78.5 Å². The van der Waals surface area contributed by atoms with Crippen molar-refractivity contribution in [3.63, 3.8) is 0 Å². The van der Waals surface area contributed by atoms with E-state index in [-0.39, 0.29) is 23.6 Å². The van der Waals surface area contributed by atoms with Gasteiger partial charge in [-0.3, -0.25) is 25.0 Å². The molecule has 2 N–H and O–H groups in total. The number of nitrogens with zero attached hydrogens (tertiary/aromatic N) is 4. The van der Waals surface area contributed by atoms with Crippen LogP contribution in [-0.4, -0.2) is 50.9 Å². The molecule has 30 heavy (non-hydrogen) atoms. The fourth-order valence-corrected chi connectivity index (χ4v) is 3.39. The smallest absolute Gasteiger partial charge is 0.285 e. The molecule has 152 valence electrons. The molecule has 1 aromatic carbocycles. The van der Waals surface area contributed by atoms with E-state index in [0.29, 0.717) is 18.7 Å². The molecule has 8 heteroatoms. The molecule has 0 radical (unpaired) electrons. The predicted octanol–water partition coefficient (Wildman–Crippen LogP) is 2.08. The van der Waals surface area contributed by atoms with Gasteiger partial charge in [-0.25, -0.2) is 9.99 Å². The Bertz CT molecular complexity index is 995. The van der Waals surface area contributed by atoms with Crippen molar-refractivity contribution < 1.29 is 9.59 Å². The lowest BCUT2D eigenvalue weighted by molar-refractivity contribution is 0.0688. The number of hydrogen-bond acceptors (Lipinski definition) is 6. The van der Waals surface area contributed by atoms with Gasteiger partial charge in [0, 0.05) is 43.3 Å². The van der Waals surface area contributed by atoms with Crippen LogP contribution in [0.15, 0.2) is 67.3 Å². The first-order valence-corrected chi connectivity index (χ1v) is 9.83. The van der Waals surface area contributed by atoms with Gasteiger partial charge in [0.15, 0.2) is 0 Å². The molecule has 1 unspecified atom stereocenters. The van der Waals surface area contributed by atoms with Crippen LogP contribution in [0.1, 0.15) is 33.7 Å². The summed E-state index contributed by atoms with van der Waals surface area (Å²) >= 11 is 0. The SMILES string of the molecule is O=C(NC1CCCN(NC(=O)c2cnccn2)C1)c1ccc(-c2ccccc2)nc1. The van der Waals surface area contributed by atoms with Gasteiger partial charge in [-0.2, -0.15) is 0 Å². The number of nitrogens with one attached hydrogen (secondary N) is 2. The predicted molar refractivity (Wildman–Crippen MR) is 111 cm³/mol. The molecule has 0 spiro atoms. The van der Waals surface area contributed by atoms with Crippen LogP contribution >= 0.6 is 0 Å². The zero-order chi connectivity index (χ0) is 20.8. The third-order valence-electron chi connectivity index (χ3n) is 4.91. The monoisotopic (exact) mass is 402 g/mol. The Hall–Kier alpha value is -3.65. The summed E-state index contributed by atoms with van der Waals surface area (Å²) in [6.07, 6.45) is 7.71. The van der Waals surface area contributed by atoms with Gasteiger partial charge in [0.2, 0.25) is 0 Å². The molecule has 1 fully saturated rings. The van der Waals surface area contributed by atoms with Crippen LogP contribution in [0, 0.1) is 0 Å². The molecule has 1 aliphatic rings. The van der Waals surface area contributed by atoms with Crippen LogP contribution < -0.4 is 10.7 Å². The molecule has 8 nitrogen and oxygen atoms in total. The van der Waals surface area contributed by atoms with Gasteiger partial charge < -0.3 is 5.32 Å². The molecule has 2 aromatic heterocycles. The molecule has 1 atom stereocenters. The second-order valence-corrected chi connectivity index (χ2v) is 7.09. The second kappa shape index (κ2) is 9.23. The number of carbonyl (C=O) groups excluding carboxylic acids is 2. The maximum absolute atomic E-state index is 12.6. The van der Waals surface area contributed by atoms with E-state index >= 15 is 0 Å². The maximum Gasteiger partial charge on any atom is 0.285 e. The molecule has 2 amide bonds. The van der Waals surface area contributed by atoms with Gasteiger partial charge in [-0.1, -0.05) is 30.3 Å². The Kier molecular flexibility index (Phi) is 6.05. The average Bonchev–Trinajstić information content (AvgIpc) is 2.80. The maximum atomic E-state index is 12.6. The van der Waals surface area contributed by atoms with Gasteiger partial charge in [0.1, 0.15) is 5.69 Å². The van der Waals surface area contributed by atoms with Crippen LogP contribution in [0.2, 0.25) is 0 Å². The summed E-state index contributed by atoms with van der Waals surface area (Å²) < 4.78 is 0. The Labute approximate surface area is 174 Å². The summed E-state index contributed by atoms with van der Waals surface area (Å²) in [5.41, 5.74) is 5.43. The third-order valence-corrected chi connectivity index (χ3v) is 4.91. The van der Waals surface area contributed by atoms with E-state index in [1.807, 2.05) is 41.4 Å². The summed E-state index contributed by atoms with van der Waals surface area (Å²) in [6.45, 7) is 1.24. The fourth-order valence-electron chi connectivity index (χ4n) is 3.39. The van der Waals surface area contributed by atoms with Crippen LogP contribution in [0.25, 0.3) is 11.3 Å². The summed E-state index contributed by atoms with van der Waals surface area (Å²) in [5, 5.41) is 4.85. The molecule has 1 saturated heterocycles. The Balaban J connectivity index is 1.33. The highest BCUT2D eigenvalue weighted by Gasteiger charge is 2.23. The summed E-state index contributed by atoms with van der Waals surface area (Å²) in [5.74, 6) is -0.481. The minimum absolute atomic E-state index is 0.0674. The highest BCUT2D eigenvalue weighted by molar-refractivity contribution is 5.94. The Morgan fingerprint density at radius 2 is 1.83 bits per heavy atom. The molecule has 0 saturated carbocycles. The number of aromatic nitrogens is 3. The van der Waals surface area contributed by atoms with Crippen LogP contribution in [0.4, 0.5) is 0 Å². The number of hydrogen-bond donors (Lipinski definition) is 2. The van der Waals surface area contributed by atoms with Gasteiger partial charge in [-0.05, 0) is 25.0 Å². The van der Waals surface area contributed by atoms with Gasteiger partial charge in [-0.15, -0.1) is 0 Å². The molecule has 1 aliphatic heterocycles. The third kappa shape index (κ3) is 4.84. The fraction of sp³-hybridized carbons (Fsp3) is 0.227. The van der Waals surface area contributed by atoms with E-state index in [1.54, 1.807) is 12.3 Å². The van der Waals surface area contributed by atoms with Crippen molar-refractivity contribution in [2.24, 2.45) is 0 Å². The van der Waals surface area contributed by atoms with Crippen LogP contribution in [0.3, 0.4) is 0 Å². The topological polar surface area (TPSA) is 100 Å². The van der Waals surface area contributed by atoms with E-state index in [0.717, 1.165) is 24.1 Å². The summed E-state index contributed by atoms with van der Waals surface area (Å²) in [7, 11) is 0. The van der Waals surface area contributed by atoms with Crippen LogP contribution in [0.5, 0.6) is 0 Å². The lowest BCUT2D eigenvalue weighted by atomic mass is 10.1. The van der Waals surface area contributed by atoms with E-state index in [2.05, 4.69) is 25.7 Å². The van der Waals surface area contributed by atoms with Crippen molar-refractivity contribution in [1.82, 2.24) is 30.7 Å². The first-order valence-electron chi connectivity index (χ1n) is 9.83. The number of rotatable bonds is 5. The highest BCUT2D eigenvalue weighted by atomic mass is 16.2. The Morgan fingerprint density at radius 1 is 0.967 bits per heavy atom. The molecule has 3 heterocycles. The zero-order valence-corrected chi connectivity index (χ0v) is 16.4. The largest absolute Gasteiger partial charge is 0.348 e. The van der Waals surface area contributed by atoms with Crippen molar-refractivity contribution >= 4 is 11.8 Å². The van der Waals surface area contributed by atoms with Crippen molar-refractivity contribution in [2.75, 3.05) is 13.1 Å². The van der Waals surface area contributed by atoms with Crippen molar-refractivity contribution in [3.8, 4) is 11.3 Å². The molecule has 4 rings (SSSR count). The molecule has 0 bridgehead atoms. The number of benzene rings is 1. The highest BCUT2D eigenvalue weighted by Crippen LogP contribution is 2.16. The van der Waals surface area contributed by atoms with E-state index in [1.165, 1.54) is 18.6 Å². The first kappa shape index (κ1) is 19.7. The number of amides is 2. The van der Waals surface area contributed by atoms with Gasteiger partial charge >= 0.3 is 0 Å². The van der Waals surface area contributed by atoms with E-state index in [4.69, 9.17) is 0 Å². The van der Waals surface area contributed by atoms with Crippen molar-refractivity contribution in [1.29, 1.82) is 0 Å². The lowest BCUT2D eigenvalue weighted by Crippen LogP contribution is -2.54. The number of carbonyl (C=O) groups is 2. The lowest BCUT2D eigenvalue weighted by Gasteiger charge is -2.33. The average molecular weight is 402 g/mol. The van der Waals surface area contributed by atoms with E-state index in [9.17, 15) is 9.59 Å². The molecule has 0 aliphatic carbocycles.